The molecule has 8 nitrogen and oxygen atoms in total. The lowest BCUT2D eigenvalue weighted by Crippen LogP contribution is -2.29. The van der Waals surface area contributed by atoms with E-state index in [0.29, 0.717) is 29.5 Å². The van der Waals surface area contributed by atoms with E-state index in [9.17, 15) is 0 Å². The Morgan fingerprint density at radius 3 is 2.76 bits per heavy atom. The zero-order valence-corrected chi connectivity index (χ0v) is 18.7. The van der Waals surface area contributed by atoms with Crippen molar-refractivity contribution in [2.45, 2.75) is 0 Å². The maximum absolute atomic E-state index is 5.90. The van der Waals surface area contributed by atoms with Gasteiger partial charge in [0.05, 0.1) is 18.3 Å². The SMILES string of the molecule is CN(C)c1cccc(-c2cccc3ccc(-c4nnc5c6c(cnn45)N(C)CCO6)nc23)c1. The summed E-state index contributed by atoms with van der Waals surface area (Å²) in [6, 6.07) is 18.7. The topological polar surface area (TPSA) is 71.7 Å². The normalized spacial score (nSPS) is 13.2. The van der Waals surface area contributed by atoms with Crippen molar-refractivity contribution >= 4 is 27.9 Å². The molecule has 5 aromatic rings. The number of likely N-dealkylation sites (N-methyl/N-ethyl adjacent to an activating group) is 1. The fourth-order valence-corrected chi connectivity index (χ4v) is 4.25. The van der Waals surface area contributed by atoms with Gasteiger partial charge in [0.15, 0.2) is 5.75 Å². The van der Waals surface area contributed by atoms with Gasteiger partial charge in [0.1, 0.15) is 18.0 Å². The molecule has 0 bridgehead atoms. The number of benzene rings is 2. The first-order valence-corrected chi connectivity index (χ1v) is 10.9. The number of hydrogen-bond acceptors (Lipinski definition) is 7. The Kier molecular flexibility index (Phi) is 4.39. The van der Waals surface area contributed by atoms with E-state index in [-0.39, 0.29) is 0 Å². The van der Waals surface area contributed by atoms with E-state index in [1.165, 1.54) is 0 Å². The van der Waals surface area contributed by atoms with Gasteiger partial charge in [-0.3, -0.25) is 0 Å². The minimum atomic E-state index is 0.586. The van der Waals surface area contributed by atoms with Crippen LogP contribution < -0.4 is 14.5 Å². The van der Waals surface area contributed by atoms with Crippen LogP contribution >= 0.6 is 0 Å². The van der Waals surface area contributed by atoms with Crippen molar-refractivity contribution < 1.29 is 4.74 Å². The highest BCUT2D eigenvalue weighted by molar-refractivity contribution is 5.95. The van der Waals surface area contributed by atoms with Crippen molar-refractivity contribution in [3.8, 4) is 28.4 Å². The first-order valence-electron chi connectivity index (χ1n) is 10.9. The molecule has 0 aliphatic carbocycles. The molecule has 0 amide bonds. The van der Waals surface area contributed by atoms with E-state index >= 15 is 0 Å². The summed E-state index contributed by atoms with van der Waals surface area (Å²) in [5.74, 6) is 1.29. The maximum atomic E-state index is 5.90. The number of fused-ring (bicyclic) bond motifs is 4. The smallest absolute Gasteiger partial charge is 0.222 e. The summed E-state index contributed by atoms with van der Waals surface area (Å²) in [4.78, 5) is 9.23. The summed E-state index contributed by atoms with van der Waals surface area (Å²) in [6.07, 6.45) is 1.80. The maximum Gasteiger partial charge on any atom is 0.222 e. The molecular formula is C25H23N7O. The van der Waals surface area contributed by atoms with Crippen LogP contribution in [0, 0.1) is 0 Å². The molecule has 0 atom stereocenters. The second-order valence-electron chi connectivity index (χ2n) is 8.41. The summed E-state index contributed by atoms with van der Waals surface area (Å²) >= 11 is 0. The van der Waals surface area contributed by atoms with E-state index in [1.54, 1.807) is 10.7 Å². The van der Waals surface area contributed by atoms with Crippen molar-refractivity contribution in [3.05, 3.63) is 60.8 Å². The van der Waals surface area contributed by atoms with Crippen LogP contribution in [0.3, 0.4) is 0 Å². The van der Waals surface area contributed by atoms with Crippen LogP contribution in [0.25, 0.3) is 39.2 Å². The molecule has 0 N–H and O–H groups in total. The Morgan fingerprint density at radius 2 is 1.88 bits per heavy atom. The zero-order valence-electron chi connectivity index (χ0n) is 18.7. The molecule has 164 valence electrons. The zero-order chi connectivity index (χ0) is 22.5. The van der Waals surface area contributed by atoms with Gasteiger partial charge in [0.25, 0.3) is 0 Å². The van der Waals surface area contributed by atoms with E-state index in [4.69, 9.17) is 9.72 Å². The summed E-state index contributed by atoms with van der Waals surface area (Å²) in [7, 11) is 6.11. The summed E-state index contributed by atoms with van der Waals surface area (Å²) in [5, 5.41) is 14.5. The third kappa shape index (κ3) is 3.14. The number of pyridine rings is 1. The molecule has 6 rings (SSSR count). The number of hydrogen-bond donors (Lipinski definition) is 0. The molecule has 8 heteroatoms. The molecule has 1 aliphatic rings. The fourth-order valence-electron chi connectivity index (χ4n) is 4.25. The Bertz CT molecular complexity index is 1510. The van der Waals surface area contributed by atoms with Gasteiger partial charge >= 0.3 is 0 Å². The van der Waals surface area contributed by atoms with Crippen LogP contribution in [0.1, 0.15) is 0 Å². The highest BCUT2D eigenvalue weighted by Gasteiger charge is 2.23. The van der Waals surface area contributed by atoms with Gasteiger partial charge in [0.2, 0.25) is 11.5 Å². The minimum absolute atomic E-state index is 0.586. The molecule has 0 saturated heterocycles. The largest absolute Gasteiger partial charge is 0.486 e. The number of para-hydroxylation sites is 1. The molecule has 0 radical (unpaired) electrons. The average Bonchev–Trinajstić information content (AvgIpc) is 3.28. The van der Waals surface area contributed by atoms with E-state index in [1.807, 2.05) is 27.2 Å². The van der Waals surface area contributed by atoms with Crippen LogP contribution in [-0.2, 0) is 0 Å². The lowest BCUT2D eigenvalue weighted by atomic mass is 10.0. The van der Waals surface area contributed by atoms with Crippen molar-refractivity contribution in [3.63, 3.8) is 0 Å². The third-order valence-corrected chi connectivity index (χ3v) is 6.08. The summed E-state index contributed by atoms with van der Waals surface area (Å²) in [5.41, 5.74) is 6.47. The number of ether oxygens (including phenoxy) is 1. The minimum Gasteiger partial charge on any atom is -0.486 e. The number of aromatic nitrogens is 5. The van der Waals surface area contributed by atoms with Crippen molar-refractivity contribution in [2.24, 2.45) is 0 Å². The first-order chi connectivity index (χ1) is 16.1. The second kappa shape index (κ2) is 7.44. The second-order valence-corrected chi connectivity index (χ2v) is 8.41. The van der Waals surface area contributed by atoms with Gasteiger partial charge in [-0.1, -0.05) is 36.4 Å². The standard InChI is InChI=1S/C25H23N7O/c1-30(2)18-8-4-7-17(14-18)19-9-5-6-16-10-11-20(27-22(16)19)24-28-29-25-23-21(15-26-32(24)25)31(3)12-13-33-23/h4-11,14-15H,12-13H2,1-3H3. The molecule has 33 heavy (non-hydrogen) atoms. The van der Waals surface area contributed by atoms with E-state index in [0.717, 1.165) is 39.9 Å². The fraction of sp³-hybridized carbons (Fsp3) is 0.200. The Balaban J connectivity index is 1.52. The molecule has 0 saturated carbocycles. The van der Waals surface area contributed by atoms with Gasteiger partial charge in [0, 0.05) is 37.8 Å². The van der Waals surface area contributed by atoms with Gasteiger partial charge in [-0.15, -0.1) is 10.2 Å². The predicted octanol–water partition coefficient (Wildman–Crippen LogP) is 3.90. The lowest BCUT2D eigenvalue weighted by molar-refractivity contribution is 0.312. The molecule has 2 aromatic carbocycles. The molecule has 0 fully saturated rings. The van der Waals surface area contributed by atoms with E-state index < -0.39 is 0 Å². The molecule has 4 heterocycles. The number of nitrogens with zero attached hydrogens (tertiary/aromatic N) is 7. The number of rotatable bonds is 3. The van der Waals surface area contributed by atoms with Gasteiger partial charge in [-0.2, -0.15) is 9.61 Å². The van der Waals surface area contributed by atoms with E-state index in [2.05, 4.69) is 73.6 Å². The van der Waals surface area contributed by atoms with Gasteiger partial charge in [-0.25, -0.2) is 4.98 Å². The Morgan fingerprint density at radius 1 is 1.00 bits per heavy atom. The molecule has 0 spiro atoms. The van der Waals surface area contributed by atoms with Crippen LogP contribution in [0.4, 0.5) is 11.4 Å². The lowest BCUT2D eigenvalue weighted by Gasteiger charge is -2.26. The van der Waals surface area contributed by atoms with Gasteiger partial charge < -0.3 is 14.5 Å². The number of anilines is 2. The van der Waals surface area contributed by atoms with Crippen LogP contribution in [0.2, 0.25) is 0 Å². The van der Waals surface area contributed by atoms with Crippen LogP contribution in [0.5, 0.6) is 5.75 Å². The highest BCUT2D eigenvalue weighted by Crippen LogP contribution is 2.35. The average molecular weight is 438 g/mol. The Labute approximate surface area is 191 Å². The van der Waals surface area contributed by atoms with Crippen LogP contribution in [-0.4, -0.2) is 59.1 Å². The molecule has 3 aromatic heterocycles. The van der Waals surface area contributed by atoms with Gasteiger partial charge in [-0.05, 0) is 23.8 Å². The molecule has 0 unspecified atom stereocenters. The predicted molar refractivity (Wildman–Crippen MR) is 130 cm³/mol. The first kappa shape index (κ1) is 19.5. The Hall–Kier alpha value is -4.20. The van der Waals surface area contributed by atoms with Crippen molar-refractivity contribution in [1.82, 2.24) is 24.8 Å². The quantitative estimate of drug-likeness (QED) is 0.424. The summed E-state index contributed by atoms with van der Waals surface area (Å²) < 4.78 is 7.61. The molecule has 1 aliphatic heterocycles. The monoisotopic (exact) mass is 437 g/mol. The summed E-state index contributed by atoms with van der Waals surface area (Å²) in [6.45, 7) is 1.42. The van der Waals surface area contributed by atoms with Crippen LogP contribution in [0.15, 0.2) is 60.8 Å². The third-order valence-electron chi connectivity index (χ3n) is 6.08. The van der Waals surface area contributed by atoms with Crippen molar-refractivity contribution in [1.29, 1.82) is 0 Å². The van der Waals surface area contributed by atoms with Crippen molar-refractivity contribution in [2.75, 3.05) is 44.1 Å². The highest BCUT2D eigenvalue weighted by atomic mass is 16.5. The molecular weight excluding hydrogens is 414 g/mol.